The molecular weight excluding hydrogens is 406 g/mol. The number of rotatable bonds is 7. The summed E-state index contributed by atoms with van der Waals surface area (Å²) in [6, 6.07) is 17.3. The number of nitrogens with zero attached hydrogens (tertiary/aromatic N) is 4. The smallest absolute Gasteiger partial charge is 0.277 e. The molecule has 2 aromatic heterocycles. The fourth-order valence-electron chi connectivity index (χ4n) is 3.64. The molecule has 1 amide bonds. The van der Waals surface area contributed by atoms with E-state index in [1.165, 1.54) is 9.42 Å². The highest BCUT2D eigenvalue weighted by molar-refractivity contribution is 5.91. The number of carbonyl (C=O) groups excluding carboxylic acids is 1. The van der Waals surface area contributed by atoms with Crippen molar-refractivity contribution in [2.45, 2.75) is 33.2 Å². The Labute approximate surface area is 185 Å². The second-order valence-corrected chi connectivity index (χ2v) is 7.47. The lowest BCUT2D eigenvalue weighted by Gasteiger charge is -2.20. The molecule has 2 aromatic carbocycles. The molecule has 0 spiro atoms. The number of hydrogen-bond acceptors (Lipinski definition) is 5. The van der Waals surface area contributed by atoms with Crippen LogP contribution in [-0.2, 0) is 17.8 Å². The Morgan fingerprint density at radius 1 is 1.09 bits per heavy atom. The van der Waals surface area contributed by atoms with E-state index in [1.807, 2.05) is 54.6 Å². The molecule has 0 atom stereocenters. The highest BCUT2D eigenvalue weighted by Crippen LogP contribution is 2.22. The van der Waals surface area contributed by atoms with Crippen LogP contribution in [0.4, 0.5) is 5.95 Å². The van der Waals surface area contributed by atoms with Crippen LogP contribution in [0.5, 0.6) is 5.75 Å². The van der Waals surface area contributed by atoms with Gasteiger partial charge in [0.05, 0.1) is 19.3 Å². The van der Waals surface area contributed by atoms with Crippen molar-refractivity contribution >= 4 is 17.6 Å². The summed E-state index contributed by atoms with van der Waals surface area (Å²) in [7, 11) is 1.59. The van der Waals surface area contributed by atoms with Crippen LogP contribution in [0.15, 0.2) is 59.4 Å². The molecule has 32 heavy (non-hydrogen) atoms. The van der Waals surface area contributed by atoms with Crippen LogP contribution >= 0.6 is 0 Å². The fraction of sp³-hybridized carbons (Fsp3) is 0.250. The molecule has 0 unspecified atom stereocenters. The molecule has 2 heterocycles. The van der Waals surface area contributed by atoms with Crippen molar-refractivity contribution < 1.29 is 9.53 Å². The van der Waals surface area contributed by atoms with E-state index >= 15 is 0 Å². The minimum absolute atomic E-state index is 0.135. The molecule has 0 saturated heterocycles. The number of para-hydroxylation sites is 1. The average Bonchev–Trinajstić information content (AvgIpc) is 3.24. The van der Waals surface area contributed by atoms with E-state index in [9.17, 15) is 9.59 Å². The summed E-state index contributed by atoms with van der Waals surface area (Å²) < 4.78 is 6.73. The number of aryl methyl sites for hydroxylation is 1. The van der Waals surface area contributed by atoms with Crippen LogP contribution < -0.4 is 15.2 Å². The molecule has 0 fully saturated rings. The number of hydrogen-bond donors (Lipinski definition) is 1. The number of ether oxygens (including phenoxy) is 1. The Balaban J connectivity index is 1.76. The molecule has 0 radical (unpaired) electrons. The predicted molar refractivity (Wildman–Crippen MR) is 122 cm³/mol. The zero-order chi connectivity index (χ0) is 22.7. The first kappa shape index (κ1) is 21.3. The third kappa shape index (κ3) is 4.12. The number of anilines is 1. The van der Waals surface area contributed by atoms with E-state index in [0.717, 1.165) is 11.1 Å². The first-order valence-corrected chi connectivity index (χ1v) is 10.5. The van der Waals surface area contributed by atoms with Gasteiger partial charge in [-0.25, -0.2) is 4.98 Å². The first-order valence-electron chi connectivity index (χ1n) is 10.5. The number of carbonyl (C=O) groups is 1. The van der Waals surface area contributed by atoms with Gasteiger partial charge >= 0.3 is 0 Å². The molecule has 0 aliphatic heterocycles. The molecular formula is C24H25N5O3. The number of fused-ring (bicyclic) bond motifs is 1. The summed E-state index contributed by atoms with van der Waals surface area (Å²) in [6.07, 6.45) is 0.751. The van der Waals surface area contributed by atoms with Crippen molar-refractivity contribution in [1.82, 2.24) is 19.6 Å². The third-order valence-corrected chi connectivity index (χ3v) is 5.39. The van der Waals surface area contributed by atoms with Gasteiger partial charge in [0.1, 0.15) is 5.75 Å². The predicted octanol–water partition coefficient (Wildman–Crippen LogP) is 3.27. The number of aromatic amines is 1. The first-order chi connectivity index (χ1) is 15.5. The minimum atomic E-state index is -0.226. The van der Waals surface area contributed by atoms with E-state index in [2.05, 4.69) is 15.1 Å². The van der Waals surface area contributed by atoms with Gasteiger partial charge in [0.25, 0.3) is 11.3 Å². The van der Waals surface area contributed by atoms with Gasteiger partial charge in [0, 0.05) is 24.0 Å². The summed E-state index contributed by atoms with van der Waals surface area (Å²) in [4.78, 5) is 36.5. The molecule has 164 valence electrons. The van der Waals surface area contributed by atoms with Crippen molar-refractivity contribution in [2.75, 3.05) is 12.0 Å². The summed E-state index contributed by atoms with van der Waals surface area (Å²) >= 11 is 0. The highest BCUT2D eigenvalue weighted by Gasteiger charge is 2.22. The van der Waals surface area contributed by atoms with Crippen LogP contribution in [0.3, 0.4) is 0 Å². The molecule has 0 aliphatic carbocycles. The van der Waals surface area contributed by atoms with Gasteiger partial charge in [0.15, 0.2) is 0 Å². The Morgan fingerprint density at radius 3 is 2.53 bits per heavy atom. The molecule has 4 aromatic rings. The van der Waals surface area contributed by atoms with Crippen LogP contribution in [0, 0.1) is 6.92 Å². The van der Waals surface area contributed by atoms with E-state index in [4.69, 9.17) is 4.74 Å². The van der Waals surface area contributed by atoms with E-state index in [0.29, 0.717) is 23.4 Å². The van der Waals surface area contributed by atoms with Gasteiger partial charge in [-0.1, -0.05) is 55.5 Å². The maximum atomic E-state index is 13.2. The largest absolute Gasteiger partial charge is 0.496 e. The van der Waals surface area contributed by atoms with Crippen LogP contribution in [0.1, 0.15) is 35.7 Å². The van der Waals surface area contributed by atoms with Gasteiger partial charge in [-0.3, -0.25) is 19.6 Å². The number of H-pyrrole nitrogens is 1. The van der Waals surface area contributed by atoms with Crippen molar-refractivity contribution in [3.63, 3.8) is 0 Å². The molecule has 1 N–H and O–H groups in total. The lowest BCUT2D eigenvalue weighted by atomic mass is 10.1. The van der Waals surface area contributed by atoms with E-state index < -0.39 is 0 Å². The summed E-state index contributed by atoms with van der Waals surface area (Å²) in [5.41, 5.74) is 2.83. The molecule has 0 aliphatic rings. The van der Waals surface area contributed by atoms with Crippen LogP contribution in [-0.4, -0.2) is 32.6 Å². The van der Waals surface area contributed by atoms with E-state index in [1.54, 1.807) is 21.0 Å². The second kappa shape index (κ2) is 9.05. The van der Waals surface area contributed by atoms with Crippen LogP contribution in [0.25, 0.3) is 5.78 Å². The molecule has 4 rings (SSSR count). The maximum Gasteiger partial charge on any atom is 0.277 e. The average molecular weight is 431 g/mol. The number of nitrogens with one attached hydrogen (secondary N) is 1. The van der Waals surface area contributed by atoms with Gasteiger partial charge in [-0.15, -0.1) is 0 Å². The number of amides is 1. The second-order valence-electron chi connectivity index (χ2n) is 7.47. The SMILES string of the molecule is CCC(=O)N(Cc1ccccc1OC)c1nc2nc(C)c(Cc3ccccc3)c(=O)n2[nH]1. The summed E-state index contributed by atoms with van der Waals surface area (Å²) in [6.45, 7) is 3.84. The van der Waals surface area contributed by atoms with Crippen molar-refractivity contribution in [3.05, 3.63) is 87.3 Å². The topological polar surface area (TPSA) is 92.6 Å². The molecule has 0 saturated carbocycles. The molecule has 0 bridgehead atoms. The van der Waals surface area contributed by atoms with Crippen LogP contribution in [0.2, 0.25) is 0 Å². The Kier molecular flexibility index (Phi) is 6.02. The van der Waals surface area contributed by atoms with Crippen molar-refractivity contribution in [1.29, 1.82) is 0 Å². The van der Waals surface area contributed by atoms with E-state index in [-0.39, 0.29) is 36.2 Å². The highest BCUT2D eigenvalue weighted by atomic mass is 16.5. The lowest BCUT2D eigenvalue weighted by Crippen LogP contribution is -2.31. The Hall–Kier alpha value is -3.94. The lowest BCUT2D eigenvalue weighted by molar-refractivity contribution is -0.118. The Morgan fingerprint density at radius 2 is 1.81 bits per heavy atom. The quantitative estimate of drug-likeness (QED) is 0.485. The minimum Gasteiger partial charge on any atom is -0.496 e. The fourth-order valence-corrected chi connectivity index (χ4v) is 3.64. The van der Waals surface area contributed by atoms with Gasteiger partial charge < -0.3 is 4.74 Å². The van der Waals surface area contributed by atoms with Crippen molar-refractivity contribution in [2.24, 2.45) is 0 Å². The summed E-state index contributed by atoms with van der Waals surface area (Å²) in [5, 5.41) is 2.99. The number of benzene rings is 2. The molecule has 8 heteroatoms. The van der Waals surface area contributed by atoms with Gasteiger partial charge in [-0.2, -0.15) is 9.50 Å². The monoisotopic (exact) mass is 431 g/mol. The third-order valence-electron chi connectivity index (χ3n) is 5.39. The Bertz CT molecular complexity index is 1310. The zero-order valence-electron chi connectivity index (χ0n) is 18.3. The zero-order valence-corrected chi connectivity index (χ0v) is 18.3. The summed E-state index contributed by atoms with van der Waals surface area (Å²) in [5.74, 6) is 1.04. The standard InChI is InChI=1S/C24H25N5O3/c1-4-21(30)28(15-18-12-8-9-13-20(18)32-3)24-26-23-25-16(2)19(22(31)29(23)27-24)14-17-10-6-5-7-11-17/h5-13H,4,14-15H2,1-3H3,(H,25,26,27). The number of methoxy groups -OCH3 is 1. The van der Waals surface area contributed by atoms with Gasteiger partial charge in [0.2, 0.25) is 11.9 Å². The van der Waals surface area contributed by atoms with Gasteiger partial charge in [-0.05, 0) is 18.6 Å². The maximum absolute atomic E-state index is 13.2. The normalized spacial score (nSPS) is 11.0. The van der Waals surface area contributed by atoms with Crippen molar-refractivity contribution in [3.8, 4) is 5.75 Å². The molecule has 8 nitrogen and oxygen atoms in total. The number of aromatic nitrogens is 4.